The highest BCUT2D eigenvalue weighted by Gasteiger charge is 2.46. The standard InChI is InChI=1S/C16H16O4/c1-8-6-10-12(16(17)4-5-16)13-11(7-9(2)19-13)14(18-3)15(10)20-8/h6-7,17H,4-5H2,1-3H3. The highest BCUT2D eigenvalue weighted by atomic mass is 16.5. The Hall–Kier alpha value is -1.94. The summed E-state index contributed by atoms with van der Waals surface area (Å²) in [5, 5.41) is 12.4. The van der Waals surface area contributed by atoms with Gasteiger partial charge in [0.2, 0.25) is 0 Å². The smallest absolute Gasteiger partial charge is 0.177 e. The summed E-state index contributed by atoms with van der Waals surface area (Å²) in [5.74, 6) is 2.27. The Morgan fingerprint density at radius 1 is 1.05 bits per heavy atom. The van der Waals surface area contributed by atoms with Crippen LogP contribution >= 0.6 is 0 Å². The summed E-state index contributed by atoms with van der Waals surface area (Å²) in [4.78, 5) is 0. The van der Waals surface area contributed by atoms with Crippen molar-refractivity contribution in [2.75, 3.05) is 7.11 Å². The van der Waals surface area contributed by atoms with Gasteiger partial charge >= 0.3 is 0 Å². The van der Waals surface area contributed by atoms with Crippen molar-refractivity contribution in [3.63, 3.8) is 0 Å². The Labute approximate surface area is 115 Å². The van der Waals surface area contributed by atoms with Gasteiger partial charge in [0.1, 0.15) is 17.1 Å². The van der Waals surface area contributed by atoms with Crippen LogP contribution < -0.4 is 4.74 Å². The molecule has 2 heterocycles. The highest BCUT2D eigenvalue weighted by molar-refractivity contribution is 6.05. The van der Waals surface area contributed by atoms with Gasteiger partial charge < -0.3 is 18.7 Å². The summed E-state index contributed by atoms with van der Waals surface area (Å²) in [6, 6.07) is 3.88. The molecule has 3 aromatic rings. The average Bonchev–Trinajstić information content (AvgIpc) is 2.83. The molecule has 1 fully saturated rings. The number of furan rings is 2. The van der Waals surface area contributed by atoms with E-state index < -0.39 is 5.60 Å². The van der Waals surface area contributed by atoms with Crippen LogP contribution in [0.1, 0.15) is 29.9 Å². The molecule has 0 saturated heterocycles. The lowest BCUT2D eigenvalue weighted by Gasteiger charge is -2.12. The quantitative estimate of drug-likeness (QED) is 0.771. The molecule has 0 atom stereocenters. The predicted molar refractivity (Wildman–Crippen MR) is 75.1 cm³/mol. The van der Waals surface area contributed by atoms with Crippen molar-refractivity contribution in [1.82, 2.24) is 0 Å². The third-order valence-electron chi connectivity index (χ3n) is 4.05. The number of methoxy groups -OCH3 is 1. The topological polar surface area (TPSA) is 55.7 Å². The van der Waals surface area contributed by atoms with Gasteiger partial charge in [-0.05, 0) is 38.8 Å². The molecule has 1 N–H and O–H groups in total. The number of hydrogen-bond acceptors (Lipinski definition) is 4. The van der Waals surface area contributed by atoms with E-state index in [2.05, 4.69) is 0 Å². The van der Waals surface area contributed by atoms with Crippen molar-refractivity contribution in [2.24, 2.45) is 0 Å². The molecule has 104 valence electrons. The summed E-state index contributed by atoms with van der Waals surface area (Å²) in [6.07, 6.45) is 1.51. The SMILES string of the molecule is COc1c2cc(C)oc2c(C2(O)CC2)c2cc(C)oc12. The van der Waals surface area contributed by atoms with Gasteiger partial charge in [-0.2, -0.15) is 0 Å². The van der Waals surface area contributed by atoms with Crippen molar-refractivity contribution < 1.29 is 18.7 Å². The van der Waals surface area contributed by atoms with E-state index in [0.29, 0.717) is 16.9 Å². The first-order valence-corrected chi connectivity index (χ1v) is 6.76. The Kier molecular flexibility index (Phi) is 2.12. The molecule has 20 heavy (non-hydrogen) atoms. The zero-order chi connectivity index (χ0) is 14.1. The van der Waals surface area contributed by atoms with Crippen molar-refractivity contribution in [3.05, 3.63) is 29.2 Å². The van der Waals surface area contributed by atoms with Gasteiger partial charge in [-0.3, -0.25) is 0 Å². The fraction of sp³-hybridized carbons (Fsp3) is 0.375. The van der Waals surface area contributed by atoms with E-state index in [0.717, 1.165) is 40.7 Å². The molecule has 0 aliphatic heterocycles. The lowest BCUT2D eigenvalue weighted by Crippen LogP contribution is -2.05. The molecule has 4 rings (SSSR count). The molecule has 1 aliphatic carbocycles. The van der Waals surface area contributed by atoms with E-state index in [4.69, 9.17) is 13.6 Å². The molecule has 1 aromatic carbocycles. The third-order valence-corrected chi connectivity index (χ3v) is 4.05. The molecule has 1 aliphatic rings. The Morgan fingerprint density at radius 2 is 1.65 bits per heavy atom. The lowest BCUT2D eigenvalue weighted by molar-refractivity contribution is 0.153. The molecule has 1 saturated carbocycles. The van der Waals surface area contributed by atoms with Gasteiger partial charge in [-0.1, -0.05) is 0 Å². The maximum Gasteiger partial charge on any atom is 0.177 e. The van der Waals surface area contributed by atoms with Crippen LogP contribution in [0.2, 0.25) is 0 Å². The second-order valence-electron chi connectivity index (χ2n) is 5.64. The average molecular weight is 272 g/mol. The van der Waals surface area contributed by atoms with Gasteiger partial charge in [0.15, 0.2) is 11.3 Å². The summed E-state index contributed by atoms with van der Waals surface area (Å²) in [6.45, 7) is 3.79. The van der Waals surface area contributed by atoms with Gasteiger partial charge in [-0.15, -0.1) is 0 Å². The van der Waals surface area contributed by atoms with Gasteiger partial charge in [0, 0.05) is 10.9 Å². The maximum absolute atomic E-state index is 10.6. The molecule has 0 bridgehead atoms. The van der Waals surface area contributed by atoms with Crippen LogP contribution in [0.5, 0.6) is 5.75 Å². The van der Waals surface area contributed by atoms with Gasteiger partial charge in [-0.25, -0.2) is 0 Å². The minimum atomic E-state index is -0.788. The molecule has 0 amide bonds. The number of rotatable bonds is 2. The van der Waals surface area contributed by atoms with Crippen LogP contribution in [0.15, 0.2) is 21.0 Å². The van der Waals surface area contributed by atoms with E-state index in [1.807, 2.05) is 26.0 Å². The van der Waals surface area contributed by atoms with E-state index in [1.54, 1.807) is 7.11 Å². The van der Waals surface area contributed by atoms with Gasteiger partial charge in [0.25, 0.3) is 0 Å². The van der Waals surface area contributed by atoms with E-state index >= 15 is 0 Å². The molecule has 0 radical (unpaired) electrons. The molecule has 4 nitrogen and oxygen atoms in total. The molecule has 2 aromatic heterocycles. The largest absolute Gasteiger partial charge is 0.492 e. The number of benzene rings is 1. The second-order valence-corrected chi connectivity index (χ2v) is 5.64. The maximum atomic E-state index is 10.6. The van der Waals surface area contributed by atoms with Crippen LogP contribution in [0.25, 0.3) is 21.9 Å². The Bertz CT molecular complexity index is 776. The number of ether oxygens (including phenoxy) is 1. The van der Waals surface area contributed by atoms with Crippen molar-refractivity contribution >= 4 is 21.9 Å². The molecule has 0 unspecified atom stereocenters. The normalized spacial score (nSPS) is 17.0. The first-order valence-electron chi connectivity index (χ1n) is 6.76. The lowest BCUT2D eigenvalue weighted by atomic mass is 9.99. The second kappa shape index (κ2) is 3.58. The van der Waals surface area contributed by atoms with Crippen LogP contribution in [0, 0.1) is 13.8 Å². The summed E-state index contributed by atoms with van der Waals surface area (Å²) in [7, 11) is 1.62. The molecule has 0 spiro atoms. The fourth-order valence-electron chi connectivity index (χ4n) is 3.01. The number of aryl methyl sites for hydroxylation is 2. The summed E-state index contributed by atoms with van der Waals surface area (Å²) < 4.78 is 17.2. The highest BCUT2D eigenvalue weighted by Crippen LogP contribution is 2.53. The zero-order valence-electron chi connectivity index (χ0n) is 11.7. The minimum absolute atomic E-state index is 0.674. The van der Waals surface area contributed by atoms with Gasteiger partial charge in [0.05, 0.1) is 18.1 Å². The number of hydrogen-bond donors (Lipinski definition) is 1. The Morgan fingerprint density at radius 3 is 2.25 bits per heavy atom. The van der Waals surface area contributed by atoms with Crippen molar-refractivity contribution in [2.45, 2.75) is 32.3 Å². The first kappa shape index (κ1) is 11.9. The zero-order valence-corrected chi connectivity index (χ0v) is 11.7. The molecule has 4 heteroatoms. The van der Waals surface area contributed by atoms with Crippen LogP contribution in [-0.2, 0) is 5.60 Å². The van der Waals surface area contributed by atoms with E-state index in [-0.39, 0.29) is 0 Å². The van der Waals surface area contributed by atoms with Crippen molar-refractivity contribution in [3.8, 4) is 5.75 Å². The predicted octanol–water partition coefficient (Wildman–Crippen LogP) is 3.79. The van der Waals surface area contributed by atoms with E-state index in [9.17, 15) is 5.11 Å². The first-order chi connectivity index (χ1) is 9.53. The van der Waals surface area contributed by atoms with Crippen molar-refractivity contribution in [1.29, 1.82) is 0 Å². The van der Waals surface area contributed by atoms with Crippen LogP contribution in [0.4, 0.5) is 0 Å². The monoisotopic (exact) mass is 272 g/mol. The third kappa shape index (κ3) is 1.40. The molecular weight excluding hydrogens is 256 g/mol. The summed E-state index contributed by atoms with van der Waals surface area (Å²) >= 11 is 0. The Balaban J connectivity index is 2.26. The fourth-order valence-corrected chi connectivity index (χ4v) is 3.01. The van der Waals surface area contributed by atoms with Crippen LogP contribution in [0.3, 0.4) is 0 Å². The molecular formula is C16H16O4. The van der Waals surface area contributed by atoms with Crippen LogP contribution in [-0.4, -0.2) is 12.2 Å². The number of aliphatic hydroxyl groups is 1. The van der Waals surface area contributed by atoms with E-state index in [1.165, 1.54) is 0 Å². The number of fused-ring (bicyclic) bond motifs is 2. The minimum Gasteiger partial charge on any atom is -0.492 e. The summed E-state index contributed by atoms with van der Waals surface area (Å²) in [5.41, 5.74) is 1.46.